The van der Waals surface area contributed by atoms with Crippen molar-refractivity contribution in [3.05, 3.63) is 35.4 Å². The number of ether oxygens (including phenoxy) is 1. The third kappa shape index (κ3) is 3.30. The van der Waals surface area contributed by atoms with Gasteiger partial charge in [0.15, 0.2) is 0 Å². The molecule has 0 atom stereocenters. The highest BCUT2D eigenvalue weighted by atomic mass is 16.5. The van der Waals surface area contributed by atoms with Crippen LogP contribution in [0, 0.1) is 0 Å². The van der Waals surface area contributed by atoms with Crippen LogP contribution in [0.5, 0.6) is 0 Å². The van der Waals surface area contributed by atoms with Crippen molar-refractivity contribution in [3.8, 4) is 0 Å². The van der Waals surface area contributed by atoms with Crippen molar-refractivity contribution >= 4 is 5.97 Å². The summed E-state index contributed by atoms with van der Waals surface area (Å²) in [6, 6.07) is 7.77. The van der Waals surface area contributed by atoms with E-state index in [1.165, 1.54) is 12.8 Å². The zero-order valence-electron chi connectivity index (χ0n) is 10.0. The van der Waals surface area contributed by atoms with E-state index in [0.29, 0.717) is 13.0 Å². The maximum atomic E-state index is 11.8. The Kier molecular flexibility index (Phi) is 4.15. The molecule has 0 spiro atoms. The lowest BCUT2D eigenvalue weighted by Crippen LogP contribution is -2.17. The summed E-state index contributed by atoms with van der Waals surface area (Å²) in [5.74, 6) is -0.127. The predicted octanol–water partition coefficient (Wildman–Crippen LogP) is 2.17. The molecule has 0 aromatic heterocycles. The molecule has 0 bridgehead atoms. The van der Waals surface area contributed by atoms with E-state index in [1.807, 2.05) is 24.3 Å². The van der Waals surface area contributed by atoms with Gasteiger partial charge in [-0.05, 0) is 36.8 Å². The fraction of sp³-hybridized carbons (Fsp3) is 0.500. The molecular formula is C14H19NO2. The van der Waals surface area contributed by atoms with Gasteiger partial charge in [0, 0.05) is 6.54 Å². The van der Waals surface area contributed by atoms with E-state index < -0.39 is 0 Å². The van der Waals surface area contributed by atoms with Crippen molar-refractivity contribution in [1.82, 2.24) is 0 Å². The maximum absolute atomic E-state index is 11.8. The Hall–Kier alpha value is -1.35. The summed E-state index contributed by atoms with van der Waals surface area (Å²) >= 11 is 0. The predicted molar refractivity (Wildman–Crippen MR) is 66.4 cm³/mol. The van der Waals surface area contributed by atoms with Crippen LogP contribution in [0.2, 0.25) is 0 Å². The molecule has 2 N–H and O–H groups in total. The number of hydrogen-bond acceptors (Lipinski definition) is 3. The van der Waals surface area contributed by atoms with E-state index in [9.17, 15) is 4.79 Å². The monoisotopic (exact) mass is 233 g/mol. The highest BCUT2D eigenvalue weighted by Crippen LogP contribution is 2.21. The second kappa shape index (κ2) is 5.82. The Morgan fingerprint density at radius 1 is 1.24 bits per heavy atom. The molecule has 92 valence electrons. The Bertz CT molecular complexity index is 384. The first kappa shape index (κ1) is 12.1. The van der Waals surface area contributed by atoms with Crippen molar-refractivity contribution in [2.24, 2.45) is 5.73 Å². The Morgan fingerprint density at radius 2 is 1.88 bits per heavy atom. The third-order valence-corrected chi connectivity index (χ3v) is 3.27. The molecule has 1 aromatic rings. The van der Waals surface area contributed by atoms with Crippen LogP contribution in [0.4, 0.5) is 0 Å². The number of esters is 1. The largest absolute Gasteiger partial charge is 0.462 e. The first-order valence-electron chi connectivity index (χ1n) is 6.26. The molecule has 0 saturated heterocycles. The second-order valence-electron chi connectivity index (χ2n) is 4.55. The summed E-state index contributed by atoms with van der Waals surface area (Å²) in [6.07, 6.45) is 4.88. The molecule has 1 aliphatic carbocycles. The summed E-state index contributed by atoms with van der Waals surface area (Å²) in [5.41, 5.74) is 7.65. The highest BCUT2D eigenvalue weighted by Gasteiger charge is 2.19. The average Bonchev–Trinajstić information content (AvgIpc) is 2.82. The number of rotatable bonds is 4. The van der Waals surface area contributed by atoms with Crippen molar-refractivity contribution in [2.75, 3.05) is 0 Å². The molecule has 0 unspecified atom stereocenters. The normalized spacial score (nSPS) is 16.1. The average molecular weight is 233 g/mol. The molecular weight excluding hydrogens is 214 g/mol. The highest BCUT2D eigenvalue weighted by molar-refractivity contribution is 5.73. The number of carbonyl (C=O) groups excluding carboxylic acids is 1. The standard InChI is InChI=1S/C14H19NO2/c15-10-12-6-2-1-5-11(12)9-14(16)17-13-7-3-4-8-13/h1-2,5-6,13H,3-4,7-10,15H2. The van der Waals surface area contributed by atoms with Crippen LogP contribution in [-0.4, -0.2) is 12.1 Å². The second-order valence-corrected chi connectivity index (χ2v) is 4.55. The van der Waals surface area contributed by atoms with Gasteiger partial charge in [-0.1, -0.05) is 24.3 Å². The van der Waals surface area contributed by atoms with Crippen LogP contribution in [-0.2, 0) is 22.5 Å². The number of nitrogens with two attached hydrogens (primary N) is 1. The first-order chi connectivity index (χ1) is 8.29. The number of benzene rings is 1. The molecule has 0 radical (unpaired) electrons. The maximum Gasteiger partial charge on any atom is 0.310 e. The molecule has 1 aromatic carbocycles. The van der Waals surface area contributed by atoms with E-state index in [4.69, 9.17) is 10.5 Å². The topological polar surface area (TPSA) is 52.3 Å². The van der Waals surface area contributed by atoms with Crippen molar-refractivity contribution in [1.29, 1.82) is 0 Å². The van der Waals surface area contributed by atoms with Crippen molar-refractivity contribution in [2.45, 2.75) is 44.8 Å². The molecule has 0 amide bonds. The molecule has 1 saturated carbocycles. The van der Waals surface area contributed by atoms with E-state index >= 15 is 0 Å². The summed E-state index contributed by atoms with van der Waals surface area (Å²) in [6.45, 7) is 0.465. The third-order valence-electron chi connectivity index (χ3n) is 3.27. The Labute approximate surface area is 102 Å². The van der Waals surface area contributed by atoms with Crippen LogP contribution in [0.3, 0.4) is 0 Å². The zero-order chi connectivity index (χ0) is 12.1. The summed E-state index contributed by atoms with van der Waals surface area (Å²) < 4.78 is 5.43. The van der Waals surface area contributed by atoms with Gasteiger partial charge in [-0.2, -0.15) is 0 Å². The van der Waals surface area contributed by atoms with E-state index in [-0.39, 0.29) is 12.1 Å². The smallest absolute Gasteiger partial charge is 0.310 e. The lowest BCUT2D eigenvalue weighted by Gasteiger charge is -2.12. The molecule has 1 fully saturated rings. The molecule has 17 heavy (non-hydrogen) atoms. The van der Waals surface area contributed by atoms with Gasteiger partial charge in [-0.3, -0.25) is 4.79 Å². The SMILES string of the molecule is NCc1ccccc1CC(=O)OC1CCCC1. The number of carbonyl (C=O) groups is 1. The van der Waals surface area contributed by atoms with Gasteiger partial charge in [0.1, 0.15) is 6.10 Å². The number of hydrogen-bond donors (Lipinski definition) is 1. The van der Waals surface area contributed by atoms with Crippen LogP contribution in [0.15, 0.2) is 24.3 Å². The zero-order valence-corrected chi connectivity index (χ0v) is 10.0. The molecule has 0 aliphatic heterocycles. The molecule has 2 rings (SSSR count). The molecule has 3 nitrogen and oxygen atoms in total. The lowest BCUT2D eigenvalue weighted by atomic mass is 10.0. The minimum atomic E-state index is -0.127. The fourth-order valence-corrected chi connectivity index (χ4v) is 2.32. The molecule has 3 heteroatoms. The van der Waals surface area contributed by atoms with Crippen LogP contribution >= 0.6 is 0 Å². The summed E-state index contributed by atoms with van der Waals surface area (Å²) in [5, 5.41) is 0. The van der Waals surface area contributed by atoms with Crippen LogP contribution in [0.25, 0.3) is 0 Å². The van der Waals surface area contributed by atoms with Crippen molar-refractivity contribution in [3.63, 3.8) is 0 Å². The van der Waals surface area contributed by atoms with Crippen LogP contribution in [0.1, 0.15) is 36.8 Å². The quantitative estimate of drug-likeness (QED) is 0.811. The molecule has 1 aliphatic rings. The van der Waals surface area contributed by atoms with Gasteiger partial charge in [-0.25, -0.2) is 0 Å². The first-order valence-corrected chi connectivity index (χ1v) is 6.26. The summed E-state index contributed by atoms with van der Waals surface area (Å²) in [7, 11) is 0. The van der Waals surface area contributed by atoms with Crippen molar-refractivity contribution < 1.29 is 9.53 Å². The van der Waals surface area contributed by atoms with Gasteiger partial charge >= 0.3 is 5.97 Å². The van der Waals surface area contributed by atoms with E-state index in [2.05, 4.69) is 0 Å². The van der Waals surface area contributed by atoms with Gasteiger partial charge in [0.05, 0.1) is 6.42 Å². The minimum Gasteiger partial charge on any atom is -0.462 e. The fourth-order valence-electron chi connectivity index (χ4n) is 2.32. The van der Waals surface area contributed by atoms with E-state index in [0.717, 1.165) is 24.0 Å². The molecule has 0 heterocycles. The minimum absolute atomic E-state index is 0.127. The summed E-state index contributed by atoms with van der Waals surface area (Å²) in [4.78, 5) is 11.8. The van der Waals surface area contributed by atoms with Gasteiger partial charge in [0.25, 0.3) is 0 Å². The Balaban J connectivity index is 1.92. The Morgan fingerprint density at radius 3 is 2.53 bits per heavy atom. The van der Waals surface area contributed by atoms with Crippen LogP contribution < -0.4 is 5.73 Å². The van der Waals surface area contributed by atoms with Gasteiger partial charge in [-0.15, -0.1) is 0 Å². The van der Waals surface area contributed by atoms with Gasteiger partial charge in [0.2, 0.25) is 0 Å². The van der Waals surface area contributed by atoms with Gasteiger partial charge < -0.3 is 10.5 Å². The van der Waals surface area contributed by atoms with E-state index in [1.54, 1.807) is 0 Å². The lowest BCUT2D eigenvalue weighted by molar-refractivity contribution is -0.147.